The second kappa shape index (κ2) is 7.27. The first-order valence-electron chi connectivity index (χ1n) is 9.42. The van der Waals surface area contributed by atoms with Gasteiger partial charge in [-0.05, 0) is 57.2 Å². The molecule has 1 aliphatic rings. The van der Waals surface area contributed by atoms with Crippen molar-refractivity contribution in [3.8, 4) is 0 Å². The number of anilines is 2. The second-order valence-corrected chi connectivity index (χ2v) is 8.43. The van der Waals surface area contributed by atoms with Crippen molar-refractivity contribution in [2.24, 2.45) is 0 Å². The van der Waals surface area contributed by atoms with E-state index in [-0.39, 0.29) is 5.91 Å². The molecule has 0 bridgehead atoms. The number of piperidine rings is 1. The van der Waals surface area contributed by atoms with Crippen molar-refractivity contribution in [3.63, 3.8) is 0 Å². The predicted molar refractivity (Wildman–Crippen MR) is 112 cm³/mol. The van der Waals surface area contributed by atoms with E-state index in [2.05, 4.69) is 26.3 Å². The number of hydrogen-bond acceptors (Lipinski definition) is 5. The van der Waals surface area contributed by atoms with Crippen LogP contribution in [0.5, 0.6) is 0 Å². The van der Waals surface area contributed by atoms with Crippen molar-refractivity contribution in [1.82, 2.24) is 9.97 Å². The zero-order chi connectivity index (χ0) is 19.0. The lowest BCUT2D eigenvalue weighted by Gasteiger charge is -2.28. The van der Waals surface area contributed by atoms with Gasteiger partial charge in [-0.2, -0.15) is 0 Å². The van der Waals surface area contributed by atoms with Crippen molar-refractivity contribution in [2.45, 2.75) is 40.0 Å². The van der Waals surface area contributed by atoms with E-state index < -0.39 is 0 Å². The zero-order valence-electron chi connectivity index (χ0n) is 16.0. The van der Waals surface area contributed by atoms with Crippen molar-refractivity contribution in [3.05, 3.63) is 46.1 Å². The first kappa shape index (κ1) is 17.9. The molecule has 1 saturated heterocycles. The molecule has 0 aliphatic carbocycles. The van der Waals surface area contributed by atoms with Gasteiger partial charge in [0.15, 0.2) is 0 Å². The van der Waals surface area contributed by atoms with E-state index in [1.54, 1.807) is 17.7 Å². The van der Waals surface area contributed by atoms with Crippen LogP contribution >= 0.6 is 11.3 Å². The van der Waals surface area contributed by atoms with Crippen LogP contribution < -0.4 is 10.2 Å². The van der Waals surface area contributed by atoms with Crippen LogP contribution in [0.4, 0.5) is 11.5 Å². The van der Waals surface area contributed by atoms with Crippen LogP contribution in [-0.4, -0.2) is 29.0 Å². The second-order valence-electron chi connectivity index (χ2n) is 7.23. The first-order valence-corrected chi connectivity index (χ1v) is 10.2. The van der Waals surface area contributed by atoms with E-state index >= 15 is 0 Å². The van der Waals surface area contributed by atoms with Crippen LogP contribution in [0, 0.1) is 20.8 Å². The molecule has 3 heterocycles. The van der Waals surface area contributed by atoms with Gasteiger partial charge in [0.2, 0.25) is 0 Å². The lowest BCUT2D eigenvalue weighted by Crippen LogP contribution is -2.30. The zero-order valence-corrected chi connectivity index (χ0v) is 16.8. The third kappa shape index (κ3) is 3.41. The number of thiophene rings is 1. The number of nitrogens with zero attached hydrogens (tertiary/aromatic N) is 3. The third-order valence-electron chi connectivity index (χ3n) is 5.17. The molecule has 1 amide bonds. The van der Waals surface area contributed by atoms with Crippen LogP contribution in [0.25, 0.3) is 10.2 Å². The molecule has 0 spiro atoms. The monoisotopic (exact) mass is 380 g/mol. The van der Waals surface area contributed by atoms with Crippen LogP contribution in [0.15, 0.2) is 24.5 Å². The molecule has 0 unspecified atom stereocenters. The van der Waals surface area contributed by atoms with E-state index in [4.69, 9.17) is 0 Å². The van der Waals surface area contributed by atoms with Gasteiger partial charge in [-0.25, -0.2) is 9.97 Å². The molecule has 27 heavy (non-hydrogen) atoms. The lowest BCUT2D eigenvalue weighted by molar-refractivity contribution is 0.102. The molecule has 1 fully saturated rings. The Bertz CT molecular complexity index is 1000. The Kier molecular flexibility index (Phi) is 4.83. The molecular weight excluding hydrogens is 356 g/mol. The number of fused-ring (bicyclic) bond motifs is 1. The summed E-state index contributed by atoms with van der Waals surface area (Å²) in [5, 5.41) is 4.00. The maximum atomic E-state index is 13.2. The summed E-state index contributed by atoms with van der Waals surface area (Å²) in [4.78, 5) is 26.4. The Morgan fingerprint density at radius 3 is 2.67 bits per heavy atom. The molecule has 3 aromatic rings. The molecule has 0 saturated carbocycles. The Labute approximate surface area is 163 Å². The lowest BCUT2D eigenvalue weighted by atomic mass is 10.1. The summed E-state index contributed by atoms with van der Waals surface area (Å²) in [5.74, 6) is 0.815. The summed E-state index contributed by atoms with van der Waals surface area (Å²) in [7, 11) is 0. The van der Waals surface area contributed by atoms with Gasteiger partial charge in [0, 0.05) is 23.7 Å². The summed E-state index contributed by atoms with van der Waals surface area (Å²) in [6.45, 7) is 8.00. The van der Waals surface area contributed by atoms with Crippen LogP contribution in [0.2, 0.25) is 0 Å². The molecule has 140 valence electrons. The van der Waals surface area contributed by atoms with Crippen molar-refractivity contribution in [1.29, 1.82) is 0 Å². The number of aryl methyl sites for hydroxylation is 3. The molecule has 4 rings (SSSR count). The molecule has 1 aromatic carbocycles. The molecule has 0 atom stereocenters. The van der Waals surface area contributed by atoms with Gasteiger partial charge in [0.25, 0.3) is 5.91 Å². The Hall–Kier alpha value is -2.47. The summed E-state index contributed by atoms with van der Waals surface area (Å²) < 4.78 is 0. The highest BCUT2D eigenvalue weighted by Crippen LogP contribution is 2.36. The molecule has 6 heteroatoms. The summed E-state index contributed by atoms with van der Waals surface area (Å²) >= 11 is 1.56. The van der Waals surface area contributed by atoms with Gasteiger partial charge in [-0.15, -0.1) is 11.3 Å². The molecular formula is C21H24N4OS. The summed E-state index contributed by atoms with van der Waals surface area (Å²) in [6, 6.07) is 6.10. The summed E-state index contributed by atoms with van der Waals surface area (Å²) in [5.41, 5.74) is 3.74. The van der Waals surface area contributed by atoms with Gasteiger partial charge in [0.05, 0.1) is 10.9 Å². The molecule has 1 N–H and O–H groups in total. The average molecular weight is 381 g/mol. The Balaban J connectivity index is 1.77. The van der Waals surface area contributed by atoms with Crippen molar-refractivity contribution in [2.75, 3.05) is 23.3 Å². The third-order valence-corrected chi connectivity index (χ3v) is 6.18. The Morgan fingerprint density at radius 1 is 1.11 bits per heavy atom. The number of benzene rings is 1. The van der Waals surface area contributed by atoms with E-state index in [0.29, 0.717) is 5.56 Å². The van der Waals surface area contributed by atoms with Gasteiger partial charge < -0.3 is 10.2 Å². The fourth-order valence-electron chi connectivity index (χ4n) is 3.70. The predicted octanol–water partition coefficient (Wildman–Crippen LogP) is 4.86. The first-order chi connectivity index (χ1) is 13.0. The fraction of sp³-hybridized carbons (Fsp3) is 0.381. The standard InChI is InChI=1S/C21H24N4OS/c1-13-7-8-14(2)16(11-13)24-20(26)17-15(3)27-21-18(17)19(22-12-23-21)25-9-5-4-6-10-25/h7-8,11-12H,4-6,9-10H2,1-3H3,(H,24,26). The number of amides is 1. The SMILES string of the molecule is Cc1ccc(C)c(NC(=O)c2c(C)sc3ncnc(N4CCCCC4)c23)c1. The minimum absolute atomic E-state index is 0.0829. The largest absolute Gasteiger partial charge is 0.356 e. The number of aromatic nitrogens is 2. The van der Waals surface area contributed by atoms with Crippen LogP contribution in [0.3, 0.4) is 0 Å². The van der Waals surface area contributed by atoms with Crippen molar-refractivity contribution < 1.29 is 4.79 Å². The maximum Gasteiger partial charge on any atom is 0.257 e. The van der Waals surface area contributed by atoms with E-state index in [9.17, 15) is 4.79 Å². The van der Waals surface area contributed by atoms with E-state index in [0.717, 1.165) is 50.8 Å². The van der Waals surface area contributed by atoms with Crippen molar-refractivity contribution >= 4 is 39.0 Å². The molecule has 5 nitrogen and oxygen atoms in total. The minimum Gasteiger partial charge on any atom is -0.356 e. The number of carbonyl (C=O) groups excluding carboxylic acids is 1. The van der Waals surface area contributed by atoms with Gasteiger partial charge in [-0.3, -0.25) is 4.79 Å². The highest BCUT2D eigenvalue weighted by atomic mass is 32.1. The van der Waals surface area contributed by atoms with Crippen LogP contribution in [0.1, 0.15) is 45.6 Å². The van der Waals surface area contributed by atoms with Gasteiger partial charge in [0.1, 0.15) is 17.0 Å². The van der Waals surface area contributed by atoms with E-state index in [1.165, 1.54) is 19.3 Å². The molecule has 0 radical (unpaired) electrons. The van der Waals surface area contributed by atoms with E-state index in [1.807, 2.05) is 32.9 Å². The van der Waals surface area contributed by atoms with Gasteiger partial charge in [-0.1, -0.05) is 12.1 Å². The number of nitrogens with one attached hydrogen (secondary N) is 1. The topological polar surface area (TPSA) is 58.1 Å². The van der Waals surface area contributed by atoms with Gasteiger partial charge >= 0.3 is 0 Å². The number of rotatable bonds is 3. The quantitative estimate of drug-likeness (QED) is 0.705. The summed E-state index contributed by atoms with van der Waals surface area (Å²) in [6.07, 6.45) is 5.21. The van der Waals surface area contributed by atoms with Crippen LogP contribution in [-0.2, 0) is 0 Å². The highest BCUT2D eigenvalue weighted by molar-refractivity contribution is 7.19. The molecule has 1 aliphatic heterocycles. The minimum atomic E-state index is -0.0829. The number of carbonyl (C=O) groups is 1. The average Bonchev–Trinajstić information content (AvgIpc) is 3.01. The molecule has 2 aromatic heterocycles. The normalized spacial score (nSPS) is 14.6. The maximum absolute atomic E-state index is 13.2. The Morgan fingerprint density at radius 2 is 1.89 bits per heavy atom. The number of hydrogen-bond donors (Lipinski definition) is 1. The highest BCUT2D eigenvalue weighted by Gasteiger charge is 2.24. The fourth-order valence-corrected chi connectivity index (χ4v) is 4.69. The smallest absolute Gasteiger partial charge is 0.257 e.